The minimum absolute atomic E-state index is 0.485. The Labute approximate surface area is 139 Å². The van der Waals surface area contributed by atoms with Crippen LogP contribution in [0.4, 0.5) is 0 Å². The van der Waals surface area contributed by atoms with Crippen molar-refractivity contribution in [3.8, 4) is 0 Å². The molecular weight excluding hydrogens is 316 g/mol. The molecule has 0 spiro atoms. The highest BCUT2D eigenvalue weighted by Gasteiger charge is 2.07. The molecule has 4 heteroatoms. The Hall–Kier alpha value is -0.743. The fourth-order valence-corrected chi connectivity index (χ4v) is 3.82. The third-order valence-electron chi connectivity index (χ3n) is 3.05. The topological polar surface area (TPSA) is 9.23 Å². The van der Waals surface area contributed by atoms with Gasteiger partial charge >= 0.3 is 0 Å². The fourth-order valence-electron chi connectivity index (χ4n) is 2.00. The van der Waals surface area contributed by atoms with Crippen molar-refractivity contribution < 1.29 is 4.43 Å². The van der Waals surface area contributed by atoms with Crippen molar-refractivity contribution in [3.63, 3.8) is 0 Å². The van der Waals surface area contributed by atoms with E-state index in [0.29, 0.717) is 22.3 Å². The Kier molecular flexibility index (Phi) is 7.37. The molecule has 2 aromatic rings. The Morgan fingerprint density at radius 3 is 2.67 bits per heavy atom. The Morgan fingerprint density at radius 1 is 1.10 bits per heavy atom. The average molecular weight is 335 g/mol. The molecular formula is C17H19ClOSSi. The summed E-state index contributed by atoms with van der Waals surface area (Å²) in [5.41, 5.74) is 3.94. The minimum Gasteiger partial charge on any atom is -0.413 e. The van der Waals surface area contributed by atoms with Gasteiger partial charge in [-0.1, -0.05) is 48.5 Å². The van der Waals surface area contributed by atoms with Gasteiger partial charge in [-0.25, -0.2) is 0 Å². The molecule has 0 fully saturated rings. The zero-order chi connectivity index (χ0) is 14.9. The van der Waals surface area contributed by atoms with Gasteiger partial charge in [0.05, 0.1) is 6.61 Å². The summed E-state index contributed by atoms with van der Waals surface area (Å²) in [7, 11) is 0.485. The van der Waals surface area contributed by atoms with Gasteiger partial charge in [0, 0.05) is 16.5 Å². The van der Waals surface area contributed by atoms with E-state index in [4.69, 9.17) is 16.0 Å². The summed E-state index contributed by atoms with van der Waals surface area (Å²) < 4.78 is 5.74. The number of benzene rings is 2. The number of thioether (sulfide) groups is 1. The molecule has 0 saturated heterocycles. The second-order valence-corrected chi connectivity index (χ2v) is 7.15. The Morgan fingerprint density at radius 2 is 1.90 bits per heavy atom. The van der Waals surface area contributed by atoms with Gasteiger partial charge in [0.2, 0.25) is 9.76 Å². The van der Waals surface area contributed by atoms with Crippen LogP contribution >= 0.6 is 23.4 Å². The molecule has 0 amide bonds. The van der Waals surface area contributed by atoms with Gasteiger partial charge in [-0.2, -0.15) is 0 Å². The quantitative estimate of drug-likeness (QED) is 0.288. The minimum atomic E-state index is 0.485. The standard InChI is InChI=1S/C17H19ClOSSi/c1-14-6-5-9-16(12-19-21-11-10-18)17(14)20-13-15-7-3-2-4-8-15/h2-9H,10-13H2,1H3. The molecule has 0 heterocycles. The lowest BCUT2D eigenvalue weighted by Gasteiger charge is -2.12. The van der Waals surface area contributed by atoms with Crippen LogP contribution in [0.25, 0.3) is 0 Å². The second-order valence-electron chi connectivity index (χ2n) is 4.71. The van der Waals surface area contributed by atoms with E-state index in [2.05, 4.69) is 55.5 Å². The molecule has 1 nitrogen and oxygen atoms in total. The van der Waals surface area contributed by atoms with E-state index in [9.17, 15) is 0 Å². The summed E-state index contributed by atoms with van der Waals surface area (Å²) in [4.78, 5) is 1.34. The van der Waals surface area contributed by atoms with Crippen molar-refractivity contribution in [2.75, 3.05) is 5.88 Å². The van der Waals surface area contributed by atoms with Crippen LogP contribution < -0.4 is 0 Å². The van der Waals surface area contributed by atoms with Crippen molar-refractivity contribution in [2.45, 2.75) is 30.2 Å². The number of rotatable bonds is 8. The van der Waals surface area contributed by atoms with E-state index in [1.165, 1.54) is 21.6 Å². The highest BCUT2D eigenvalue weighted by Crippen LogP contribution is 2.30. The molecule has 2 rings (SSSR count). The van der Waals surface area contributed by atoms with Crippen LogP contribution in [0.2, 0.25) is 6.04 Å². The lowest BCUT2D eigenvalue weighted by molar-refractivity contribution is 0.321. The summed E-state index contributed by atoms with van der Waals surface area (Å²) in [5, 5.41) is 0. The van der Waals surface area contributed by atoms with Crippen LogP contribution in [0.1, 0.15) is 16.7 Å². The monoisotopic (exact) mass is 334 g/mol. The Bertz CT molecular complexity index is 548. The number of halogens is 1. The van der Waals surface area contributed by atoms with Crippen molar-refractivity contribution >= 4 is 33.1 Å². The normalized spacial score (nSPS) is 10.8. The van der Waals surface area contributed by atoms with Crippen LogP contribution in [0.5, 0.6) is 0 Å². The van der Waals surface area contributed by atoms with Crippen molar-refractivity contribution in [1.29, 1.82) is 0 Å². The molecule has 0 aliphatic rings. The number of hydrogen-bond acceptors (Lipinski definition) is 2. The van der Waals surface area contributed by atoms with E-state index < -0.39 is 0 Å². The first-order valence-electron chi connectivity index (χ1n) is 6.97. The highest BCUT2D eigenvalue weighted by atomic mass is 35.5. The molecule has 0 aromatic heterocycles. The van der Waals surface area contributed by atoms with Gasteiger partial charge in [0.25, 0.3) is 0 Å². The van der Waals surface area contributed by atoms with Crippen molar-refractivity contribution in [3.05, 3.63) is 65.2 Å². The van der Waals surface area contributed by atoms with Gasteiger partial charge < -0.3 is 4.43 Å². The van der Waals surface area contributed by atoms with E-state index in [1.54, 1.807) is 0 Å². The summed E-state index contributed by atoms with van der Waals surface area (Å²) in [6.07, 6.45) is 0. The SMILES string of the molecule is Cc1cccc(CO[Si]CCCl)c1SCc1ccccc1. The molecule has 0 saturated carbocycles. The maximum absolute atomic E-state index is 5.74. The molecule has 2 aromatic carbocycles. The van der Waals surface area contributed by atoms with Gasteiger partial charge in [0.1, 0.15) is 0 Å². The average Bonchev–Trinajstić information content (AvgIpc) is 2.52. The molecule has 0 aliphatic carbocycles. The van der Waals surface area contributed by atoms with Gasteiger partial charge in [0.15, 0.2) is 0 Å². The van der Waals surface area contributed by atoms with Crippen LogP contribution in [0.15, 0.2) is 53.4 Å². The zero-order valence-electron chi connectivity index (χ0n) is 12.1. The van der Waals surface area contributed by atoms with Crippen LogP contribution in [-0.2, 0) is 16.8 Å². The van der Waals surface area contributed by atoms with Crippen molar-refractivity contribution in [1.82, 2.24) is 0 Å². The Balaban J connectivity index is 2.00. The molecule has 0 N–H and O–H groups in total. The summed E-state index contributed by atoms with van der Waals surface area (Å²) >= 11 is 7.57. The van der Waals surface area contributed by atoms with E-state index in [0.717, 1.165) is 11.8 Å². The molecule has 0 unspecified atom stereocenters. The van der Waals surface area contributed by atoms with Gasteiger partial charge in [-0.05, 0) is 29.7 Å². The summed E-state index contributed by atoms with van der Waals surface area (Å²) in [5.74, 6) is 1.66. The number of alkyl halides is 1. The van der Waals surface area contributed by atoms with Crippen molar-refractivity contribution in [2.24, 2.45) is 0 Å². The number of hydrogen-bond donors (Lipinski definition) is 0. The van der Waals surface area contributed by atoms with E-state index in [1.807, 2.05) is 11.8 Å². The molecule has 0 aliphatic heterocycles. The van der Waals surface area contributed by atoms with Gasteiger partial charge in [-0.15, -0.1) is 23.4 Å². The smallest absolute Gasteiger partial charge is 0.231 e. The van der Waals surface area contributed by atoms with Gasteiger partial charge in [-0.3, -0.25) is 0 Å². The molecule has 21 heavy (non-hydrogen) atoms. The predicted molar refractivity (Wildman–Crippen MR) is 93.3 cm³/mol. The molecule has 2 radical (unpaired) electrons. The first-order valence-corrected chi connectivity index (χ1v) is 9.60. The first kappa shape index (κ1) is 16.6. The van der Waals surface area contributed by atoms with E-state index >= 15 is 0 Å². The third kappa shape index (κ3) is 5.51. The summed E-state index contributed by atoms with van der Waals surface area (Å²) in [6.45, 7) is 2.84. The molecule has 0 atom stereocenters. The second kappa shape index (κ2) is 9.31. The molecule has 0 bridgehead atoms. The lowest BCUT2D eigenvalue weighted by Crippen LogP contribution is -2.01. The third-order valence-corrected chi connectivity index (χ3v) is 5.70. The first-order chi connectivity index (χ1) is 10.3. The zero-order valence-corrected chi connectivity index (χ0v) is 14.7. The van der Waals surface area contributed by atoms with E-state index in [-0.39, 0.29) is 0 Å². The highest BCUT2D eigenvalue weighted by molar-refractivity contribution is 7.98. The summed E-state index contributed by atoms with van der Waals surface area (Å²) in [6, 6.07) is 17.9. The lowest BCUT2D eigenvalue weighted by atomic mass is 10.1. The number of aryl methyl sites for hydroxylation is 1. The van der Waals surface area contributed by atoms with Crippen LogP contribution in [0, 0.1) is 6.92 Å². The molecule has 110 valence electrons. The predicted octanol–water partition coefficient (Wildman–Crippen LogP) is 5.08. The maximum atomic E-state index is 5.74. The fraction of sp³-hybridized carbons (Fsp3) is 0.294. The largest absolute Gasteiger partial charge is 0.413 e. The van der Waals surface area contributed by atoms with Crippen LogP contribution in [-0.4, -0.2) is 15.6 Å². The van der Waals surface area contributed by atoms with Crippen LogP contribution in [0.3, 0.4) is 0 Å². The maximum Gasteiger partial charge on any atom is 0.231 e.